The first-order valence-corrected chi connectivity index (χ1v) is 6.40. The van der Waals surface area contributed by atoms with Crippen molar-refractivity contribution in [2.45, 2.75) is 39.5 Å². The Morgan fingerprint density at radius 3 is 2.71 bits per heavy atom. The highest BCUT2D eigenvalue weighted by molar-refractivity contribution is 6.07. The molecule has 0 saturated heterocycles. The first-order chi connectivity index (χ1) is 8.07. The van der Waals surface area contributed by atoms with Crippen LogP contribution in [0.4, 0.5) is 0 Å². The van der Waals surface area contributed by atoms with Gasteiger partial charge in [-0.3, -0.25) is 4.79 Å². The third kappa shape index (κ3) is 1.74. The summed E-state index contributed by atoms with van der Waals surface area (Å²) in [5, 5.41) is 0. The van der Waals surface area contributed by atoms with Crippen molar-refractivity contribution >= 4 is 11.4 Å². The summed E-state index contributed by atoms with van der Waals surface area (Å²) in [6.07, 6.45) is 3.76. The number of allylic oxidation sites excluding steroid dienone is 2. The fourth-order valence-electron chi connectivity index (χ4n) is 3.10. The molecule has 0 amide bonds. The standard InChI is InChI=1S/C16H18O/c1-16(2)8-7-13-14(10-16)12-6-4-3-5-11(12)9-15(13)17/h3-6H,7-10H2,1-2H3. The maximum atomic E-state index is 12.1. The molecule has 1 aromatic rings. The average molecular weight is 226 g/mol. The number of hydrogen-bond acceptors (Lipinski definition) is 1. The molecule has 0 spiro atoms. The van der Waals surface area contributed by atoms with Gasteiger partial charge in [-0.15, -0.1) is 0 Å². The van der Waals surface area contributed by atoms with Gasteiger partial charge in [-0.05, 0) is 47.0 Å². The highest BCUT2D eigenvalue weighted by atomic mass is 16.1. The Balaban J connectivity index is 2.16. The van der Waals surface area contributed by atoms with Crippen LogP contribution in [0.25, 0.3) is 5.57 Å². The lowest BCUT2D eigenvalue weighted by Gasteiger charge is -2.35. The van der Waals surface area contributed by atoms with Crippen LogP contribution in [-0.2, 0) is 11.2 Å². The molecule has 3 rings (SSSR count). The third-order valence-electron chi connectivity index (χ3n) is 4.10. The van der Waals surface area contributed by atoms with Gasteiger partial charge in [-0.1, -0.05) is 38.1 Å². The SMILES string of the molecule is CC1(C)CCC2=C(C1)c1ccccc1CC2=O. The molecule has 1 nitrogen and oxygen atoms in total. The van der Waals surface area contributed by atoms with Crippen molar-refractivity contribution in [2.24, 2.45) is 5.41 Å². The van der Waals surface area contributed by atoms with Gasteiger partial charge in [-0.2, -0.15) is 0 Å². The molecule has 0 atom stereocenters. The van der Waals surface area contributed by atoms with Crippen LogP contribution in [-0.4, -0.2) is 5.78 Å². The van der Waals surface area contributed by atoms with Crippen LogP contribution in [0.1, 0.15) is 44.2 Å². The van der Waals surface area contributed by atoms with E-state index in [1.807, 2.05) is 6.07 Å². The molecule has 0 aromatic heterocycles. The molecule has 0 unspecified atom stereocenters. The predicted octanol–water partition coefficient (Wildman–Crippen LogP) is 3.78. The minimum Gasteiger partial charge on any atom is -0.294 e. The van der Waals surface area contributed by atoms with Crippen LogP contribution in [0, 0.1) is 5.41 Å². The molecule has 0 bridgehead atoms. The lowest BCUT2D eigenvalue weighted by molar-refractivity contribution is -0.115. The van der Waals surface area contributed by atoms with E-state index in [1.165, 1.54) is 16.7 Å². The summed E-state index contributed by atoms with van der Waals surface area (Å²) in [4.78, 5) is 12.1. The molecule has 0 heterocycles. The van der Waals surface area contributed by atoms with E-state index < -0.39 is 0 Å². The summed E-state index contributed by atoms with van der Waals surface area (Å²) in [5.41, 5.74) is 5.32. The molecule has 1 heteroatoms. The lowest BCUT2D eigenvalue weighted by atomic mass is 9.68. The van der Waals surface area contributed by atoms with E-state index in [0.717, 1.165) is 24.8 Å². The zero-order valence-corrected chi connectivity index (χ0v) is 10.5. The monoisotopic (exact) mass is 226 g/mol. The van der Waals surface area contributed by atoms with Gasteiger partial charge < -0.3 is 0 Å². The van der Waals surface area contributed by atoms with Crippen molar-refractivity contribution in [3.63, 3.8) is 0 Å². The van der Waals surface area contributed by atoms with E-state index >= 15 is 0 Å². The van der Waals surface area contributed by atoms with Crippen LogP contribution in [0.15, 0.2) is 29.8 Å². The Kier molecular flexibility index (Phi) is 2.25. The van der Waals surface area contributed by atoms with Crippen molar-refractivity contribution < 1.29 is 4.79 Å². The zero-order chi connectivity index (χ0) is 12.0. The number of fused-ring (bicyclic) bond motifs is 2. The number of ketones is 1. The van der Waals surface area contributed by atoms with E-state index in [2.05, 4.69) is 32.0 Å². The van der Waals surface area contributed by atoms with Gasteiger partial charge in [0.1, 0.15) is 0 Å². The van der Waals surface area contributed by atoms with Crippen LogP contribution in [0.3, 0.4) is 0 Å². The molecule has 88 valence electrons. The largest absolute Gasteiger partial charge is 0.294 e. The molecule has 2 aliphatic carbocycles. The summed E-state index contributed by atoms with van der Waals surface area (Å²) < 4.78 is 0. The molecule has 17 heavy (non-hydrogen) atoms. The maximum Gasteiger partial charge on any atom is 0.163 e. The van der Waals surface area contributed by atoms with Gasteiger partial charge in [0.2, 0.25) is 0 Å². The number of carbonyl (C=O) groups excluding carboxylic acids is 1. The van der Waals surface area contributed by atoms with Gasteiger partial charge in [0.25, 0.3) is 0 Å². The number of Topliss-reactive ketones (excluding diaryl/α,β-unsaturated/α-hetero) is 1. The molecular weight excluding hydrogens is 208 g/mol. The first kappa shape index (κ1) is 10.8. The molecule has 0 radical (unpaired) electrons. The third-order valence-corrected chi connectivity index (χ3v) is 4.10. The quantitative estimate of drug-likeness (QED) is 0.658. The summed E-state index contributed by atoms with van der Waals surface area (Å²) >= 11 is 0. The van der Waals surface area contributed by atoms with Crippen molar-refractivity contribution in [2.75, 3.05) is 0 Å². The summed E-state index contributed by atoms with van der Waals surface area (Å²) in [6, 6.07) is 8.39. The number of hydrogen-bond donors (Lipinski definition) is 0. The molecule has 0 fully saturated rings. The molecule has 2 aliphatic rings. The van der Waals surface area contributed by atoms with E-state index in [-0.39, 0.29) is 0 Å². The van der Waals surface area contributed by atoms with Gasteiger partial charge in [0.05, 0.1) is 0 Å². The van der Waals surface area contributed by atoms with E-state index in [1.54, 1.807) is 0 Å². The summed E-state index contributed by atoms with van der Waals surface area (Å²) in [7, 11) is 0. The second-order valence-corrected chi connectivity index (χ2v) is 6.06. The Morgan fingerprint density at radius 2 is 1.88 bits per heavy atom. The van der Waals surface area contributed by atoms with Gasteiger partial charge in [0, 0.05) is 6.42 Å². The topological polar surface area (TPSA) is 17.1 Å². The molecule has 0 aliphatic heterocycles. The van der Waals surface area contributed by atoms with Gasteiger partial charge in [0.15, 0.2) is 5.78 Å². The number of benzene rings is 1. The van der Waals surface area contributed by atoms with Crippen molar-refractivity contribution in [3.8, 4) is 0 Å². The highest BCUT2D eigenvalue weighted by Gasteiger charge is 2.33. The highest BCUT2D eigenvalue weighted by Crippen LogP contribution is 2.46. The molecular formula is C16H18O. The van der Waals surface area contributed by atoms with Gasteiger partial charge in [-0.25, -0.2) is 0 Å². The molecule has 1 aromatic carbocycles. The Bertz CT molecular complexity index is 520. The van der Waals surface area contributed by atoms with E-state index in [9.17, 15) is 4.79 Å². The fourth-order valence-corrected chi connectivity index (χ4v) is 3.10. The first-order valence-electron chi connectivity index (χ1n) is 6.40. The van der Waals surface area contributed by atoms with Crippen LogP contribution in [0.5, 0.6) is 0 Å². The van der Waals surface area contributed by atoms with E-state index in [4.69, 9.17) is 0 Å². The second-order valence-electron chi connectivity index (χ2n) is 6.06. The minimum atomic E-state index is 0.337. The minimum absolute atomic E-state index is 0.337. The van der Waals surface area contributed by atoms with Crippen LogP contribution in [0.2, 0.25) is 0 Å². The van der Waals surface area contributed by atoms with Crippen molar-refractivity contribution in [3.05, 3.63) is 41.0 Å². The molecule has 0 saturated carbocycles. The van der Waals surface area contributed by atoms with Gasteiger partial charge >= 0.3 is 0 Å². The van der Waals surface area contributed by atoms with E-state index in [0.29, 0.717) is 17.6 Å². The smallest absolute Gasteiger partial charge is 0.163 e. The maximum absolute atomic E-state index is 12.1. The number of rotatable bonds is 0. The summed E-state index contributed by atoms with van der Waals surface area (Å²) in [5.74, 6) is 0.356. The zero-order valence-electron chi connectivity index (χ0n) is 10.5. The van der Waals surface area contributed by atoms with Crippen LogP contribution < -0.4 is 0 Å². The fraction of sp³-hybridized carbons (Fsp3) is 0.438. The lowest BCUT2D eigenvalue weighted by Crippen LogP contribution is -2.25. The second kappa shape index (κ2) is 3.56. The van der Waals surface area contributed by atoms with Crippen LogP contribution >= 0.6 is 0 Å². The Morgan fingerprint density at radius 1 is 1.12 bits per heavy atom. The normalized spacial score (nSPS) is 22.1. The van der Waals surface area contributed by atoms with Crippen molar-refractivity contribution in [1.82, 2.24) is 0 Å². The van der Waals surface area contributed by atoms with Crippen molar-refractivity contribution in [1.29, 1.82) is 0 Å². The predicted molar refractivity (Wildman–Crippen MR) is 69.7 cm³/mol. The number of carbonyl (C=O) groups is 1. The average Bonchev–Trinajstić information content (AvgIpc) is 2.28. The molecule has 0 N–H and O–H groups in total. The summed E-state index contributed by atoms with van der Waals surface area (Å²) in [6.45, 7) is 4.61. The Hall–Kier alpha value is -1.37. The Labute approximate surface area is 103 Å².